The number of benzene rings is 1. The van der Waals surface area contributed by atoms with E-state index in [9.17, 15) is 29.1 Å². The largest absolute Gasteiger partial charge is 0.480 e. The Morgan fingerprint density at radius 3 is 2.11 bits per heavy atom. The average molecular weight is 520 g/mol. The van der Waals surface area contributed by atoms with E-state index < -0.39 is 60.2 Å². The molecule has 1 heterocycles. The second-order valence-corrected chi connectivity index (χ2v) is 8.32. The molecule has 0 fully saturated rings. The minimum absolute atomic E-state index is 0.00989. The molecule has 0 aliphatic rings. The Labute approximate surface area is 212 Å². The number of hydrogen-bond donors (Lipinski definition) is 8. The quantitative estimate of drug-likeness (QED) is 0.128. The van der Waals surface area contributed by atoms with E-state index in [0.717, 1.165) is 5.56 Å². The lowest BCUT2D eigenvalue weighted by atomic mass is 10.0. The van der Waals surface area contributed by atoms with Crippen LogP contribution in [0.25, 0.3) is 0 Å². The van der Waals surface area contributed by atoms with Gasteiger partial charge in [-0.05, 0) is 12.0 Å². The Morgan fingerprint density at radius 2 is 1.56 bits per heavy atom. The Bertz CT molecular complexity index is 1050. The first-order valence-corrected chi connectivity index (χ1v) is 11.5. The number of thiol groups is 1. The standard InChI is InChI=1S/C22H29N7O6S/c23-14(6-12-4-2-1-3-5-12)19(31)27-15(7-13-9-25-11-26-13)20(32)29-17(10-36)21(33)28-16(22(34)35)8-18(24)30/h1-5,9,11,14-17,36H,6-8,10,23H2,(H2,24,30)(H,25,26)(H,27,31)(H,28,33)(H,29,32)(H,34,35). The molecule has 194 valence electrons. The Balaban J connectivity index is 2.10. The molecule has 1 aromatic carbocycles. The number of aromatic nitrogens is 2. The zero-order chi connectivity index (χ0) is 26.7. The summed E-state index contributed by atoms with van der Waals surface area (Å²) in [5.74, 6) is -4.80. The van der Waals surface area contributed by atoms with Crippen LogP contribution in [0.15, 0.2) is 42.9 Å². The van der Waals surface area contributed by atoms with E-state index in [4.69, 9.17) is 11.5 Å². The van der Waals surface area contributed by atoms with Crippen molar-refractivity contribution in [2.45, 2.75) is 43.4 Å². The first-order chi connectivity index (χ1) is 17.1. The molecule has 0 aliphatic carbocycles. The van der Waals surface area contributed by atoms with Crippen LogP contribution >= 0.6 is 12.6 Å². The Morgan fingerprint density at radius 1 is 0.944 bits per heavy atom. The zero-order valence-electron chi connectivity index (χ0n) is 19.2. The highest BCUT2D eigenvalue weighted by atomic mass is 32.1. The van der Waals surface area contributed by atoms with E-state index in [1.807, 2.05) is 30.3 Å². The summed E-state index contributed by atoms with van der Waals surface area (Å²) in [6, 6.07) is 4.17. The summed E-state index contributed by atoms with van der Waals surface area (Å²) in [7, 11) is 0. The predicted molar refractivity (Wildman–Crippen MR) is 132 cm³/mol. The van der Waals surface area contributed by atoms with Gasteiger partial charge < -0.3 is 37.5 Å². The molecular formula is C22H29N7O6S. The molecule has 0 radical (unpaired) electrons. The maximum Gasteiger partial charge on any atom is 0.326 e. The van der Waals surface area contributed by atoms with Gasteiger partial charge in [0, 0.05) is 24.1 Å². The van der Waals surface area contributed by atoms with E-state index in [1.165, 1.54) is 12.5 Å². The number of rotatable bonds is 14. The monoisotopic (exact) mass is 519 g/mol. The van der Waals surface area contributed by atoms with Crippen LogP contribution in [-0.4, -0.2) is 74.6 Å². The van der Waals surface area contributed by atoms with Gasteiger partial charge in [-0.1, -0.05) is 30.3 Å². The van der Waals surface area contributed by atoms with Crippen LogP contribution in [-0.2, 0) is 36.8 Å². The third-order valence-corrected chi connectivity index (χ3v) is 5.45. The number of imidazole rings is 1. The lowest BCUT2D eigenvalue weighted by Crippen LogP contribution is -2.58. The van der Waals surface area contributed by atoms with Crippen LogP contribution in [0.4, 0.5) is 0 Å². The topological polar surface area (TPSA) is 222 Å². The lowest BCUT2D eigenvalue weighted by molar-refractivity contribution is -0.143. The number of hydrogen-bond acceptors (Lipinski definition) is 8. The number of H-pyrrole nitrogens is 1. The molecule has 4 atom stereocenters. The second kappa shape index (κ2) is 13.8. The Kier molecular flexibility index (Phi) is 10.9. The number of carboxylic acid groups (broad SMARTS) is 1. The molecular weight excluding hydrogens is 490 g/mol. The van der Waals surface area contributed by atoms with Crippen molar-refractivity contribution in [2.24, 2.45) is 11.5 Å². The number of carboxylic acids is 1. The average Bonchev–Trinajstić information content (AvgIpc) is 3.34. The molecule has 0 saturated carbocycles. The summed E-state index contributed by atoms with van der Waals surface area (Å²) in [5.41, 5.74) is 12.4. The van der Waals surface area contributed by atoms with Gasteiger partial charge in [0.15, 0.2) is 0 Å². The number of nitrogens with zero attached hydrogens (tertiary/aromatic N) is 1. The van der Waals surface area contributed by atoms with Gasteiger partial charge in [0.25, 0.3) is 0 Å². The molecule has 2 aromatic rings. The molecule has 14 heteroatoms. The fourth-order valence-corrected chi connectivity index (χ4v) is 3.46. The number of carbonyl (C=O) groups excluding carboxylic acids is 4. The molecule has 1 aromatic heterocycles. The van der Waals surface area contributed by atoms with Gasteiger partial charge in [-0.25, -0.2) is 9.78 Å². The summed E-state index contributed by atoms with van der Waals surface area (Å²) in [6.07, 6.45) is 2.49. The van der Waals surface area contributed by atoms with Gasteiger partial charge in [0.05, 0.1) is 18.8 Å². The van der Waals surface area contributed by atoms with Crippen LogP contribution in [0.1, 0.15) is 17.7 Å². The van der Waals surface area contributed by atoms with Crippen LogP contribution in [0.2, 0.25) is 0 Å². The highest BCUT2D eigenvalue weighted by Crippen LogP contribution is 2.05. The van der Waals surface area contributed by atoms with Crippen LogP contribution < -0.4 is 27.4 Å². The number of aromatic amines is 1. The smallest absolute Gasteiger partial charge is 0.326 e. The van der Waals surface area contributed by atoms with Crippen molar-refractivity contribution in [1.82, 2.24) is 25.9 Å². The normalized spacial score (nSPS) is 14.1. The fraction of sp³-hybridized carbons (Fsp3) is 0.364. The van der Waals surface area contributed by atoms with Crippen molar-refractivity contribution in [2.75, 3.05) is 5.75 Å². The van der Waals surface area contributed by atoms with E-state index >= 15 is 0 Å². The third kappa shape index (κ3) is 9.03. The van der Waals surface area contributed by atoms with Gasteiger partial charge >= 0.3 is 5.97 Å². The molecule has 0 bridgehead atoms. The first-order valence-electron chi connectivity index (χ1n) is 10.9. The number of amides is 4. The fourth-order valence-electron chi connectivity index (χ4n) is 3.20. The molecule has 0 aliphatic heterocycles. The van der Waals surface area contributed by atoms with Crippen molar-refractivity contribution < 1.29 is 29.1 Å². The zero-order valence-corrected chi connectivity index (χ0v) is 20.1. The molecule has 0 spiro atoms. The minimum Gasteiger partial charge on any atom is -0.480 e. The highest BCUT2D eigenvalue weighted by molar-refractivity contribution is 7.80. The molecule has 4 unspecified atom stereocenters. The second-order valence-electron chi connectivity index (χ2n) is 7.95. The number of primary amides is 1. The number of nitrogens with two attached hydrogens (primary N) is 2. The summed E-state index contributed by atoms with van der Waals surface area (Å²) < 4.78 is 0. The van der Waals surface area contributed by atoms with E-state index in [1.54, 1.807) is 0 Å². The van der Waals surface area contributed by atoms with Crippen LogP contribution in [0, 0.1) is 0 Å². The third-order valence-electron chi connectivity index (χ3n) is 5.08. The molecule has 0 saturated heterocycles. The first kappa shape index (κ1) is 28.3. The highest BCUT2D eigenvalue weighted by Gasteiger charge is 2.30. The van der Waals surface area contributed by atoms with E-state index in [0.29, 0.717) is 5.69 Å². The van der Waals surface area contributed by atoms with Crippen LogP contribution in [0.3, 0.4) is 0 Å². The molecule has 9 N–H and O–H groups in total. The SMILES string of the molecule is NC(=O)CC(NC(=O)C(CS)NC(=O)C(Cc1cnc[nH]1)NC(=O)C(N)Cc1ccccc1)C(=O)O. The molecule has 4 amide bonds. The minimum atomic E-state index is -1.58. The van der Waals surface area contributed by atoms with E-state index in [-0.39, 0.29) is 18.6 Å². The van der Waals surface area contributed by atoms with Crippen molar-refractivity contribution in [3.8, 4) is 0 Å². The summed E-state index contributed by atoms with van der Waals surface area (Å²) in [5, 5.41) is 16.4. The van der Waals surface area contributed by atoms with Crippen molar-refractivity contribution in [1.29, 1.82) is 0 Å². The van der Waals surface area contributed by atoms with Crippen molar-refractivity contribution in [3.63, 3.8) is 0 Å². The molecule has 2 rings (SSSR count). The van der Waals surface area contributed by atoms with Gasteiger partial charge in [-0.2, -0.15) is 12.6 Å². The maximum atomic E-state index is 13.1. The lowest BCUT2D eigenvalue weighted by Gasteiger charge is -2.24. The van der Waals surface area contributed by atoms with Crippen LogP contribution in [0.5, 0.6) is 0 Å². The van der Waals surface area contributed by atoms with Crippen molar-refractivity contribution >= 4 is 42.2 Å². The van der Waals surface area contributed by atoms with Gasteiger partial charge in [-0.3, -0.25) is 19.2 Å². The van der Waals surface area contributed by atoms with Crippen molar-refractivity contribution in [3.05, 3.63) is 54.1 Å². The molecule has 13 nitrogen and oxygen atoms in total. The van der Waals surface area contributed by atoms with E-state index in [2.05, 4.69) is 38.5 Å². The van der Waals surface area contributed by atoms with Gasteiger partial charge in [-0.15, -0.1) is 0 Å². The number of nitrogens with one attached hydrogen (secondary N) is 4. The summed E-state index contributed by atoms with van der Waals surface area (Å²) in [4.78, 5) is 67.5. The maximum absolute atomic E-state index is 13.1. The van der Waals surface area contributed by atoms with Gasteiger partial charge in [0.1, 0.15) is 18.1 Å². The predicted octanol–water partition coefficient (Wildman–Crippen LogP) is -2.13. The number of aliphatic carboxylic acids is 1. The number of carbonyl (C=O) groups is 5. The summed E-state index contributed by atoms with van der Waals surface area (Å²) >= 11 is 4.05. The summed E-state index contributed by atoms with van der Waals surface area (Å²) in [6.45, 7) is 0. The molecule has 36 heavy (non-hydrogen) atoms. The van der Waals surface area contributed by atoms with Gasteiger partial charge in [0.2, 0.25) is 23.6 Å². The Hall–Kier alpha value is -3.91.